The lowest BCUT2D eigenvalue weighted by molar-refractivity contribution is -0.00413. The summed E-state index contributed by atoms with van der Waals surface area (Å²) in [6.45, 7) is 2.10. The molecule has 1 aromatic rings. The second-order valence-electron chi connectivity index (χ2n) is 8.13. The van der Waals surface area contributed by atoms with E-state index in [4.69, 9.17) is 4.74 Å². The van der Waals surface area contributed by atoms with Gasteiger partial charge < -0.3 is 10.1 Å². The Hall–Kier alpha value is -1.06. The van der Waals surface area contributed by atoms with Crippen molar-refractivity contribution in [3.63, 3.8) is 0 Å². The van der Waals surface area contributed by atoms with E-state index in [0.717, 1.165) is 50.8 Å². The van der Waals surface area contributed by atoms with Crippen LogP contribution in [0.25, 0.3) is 0 Å². The fourth-order valence-electron chi connectivity index (χ4n) is 4.13. The van der Waals surface area contributed by atoms with Gasteiger partial charge in [0, 0.05) is 32.6 Å². The first-order chi connectivity index (χ1) is 13.3. The van der Waals surface area contributed by atoms with Gasteiger partial charge in [-0.05, 0) is 62.3 Å². The predicted octanol–water partition coefficient (Wildman–Crippen LogP) is 2.24. The highest BCUT2D eigenvalue weighted by Crippen LogP contribution is 2.34. The van der Waals surface area contributed by atoms with Crippen LogP contribution in [0.2, 0.25) is 0 Å². The van der Waals surface area contributed by atoms with E-state index in [-0.39, 0.29) is 23.9 Å². The van der Waals surface area contributed by atoms with Crippen LogP contribution in [0.1, 0.15) is 43.6 Å². The summed E-state index contributed by atoms with van der Waals surface area (Å²) in [5.41, 5.74) is 1.08. The molecule has 3 rings (SSSR count). The molecule has 1 saturated carbocycles. The van der Waals surface area contributed by atoms with E-state index < -0.39 is 10.2 Å². The summed E-state index contributed by atoms with van der Waals surface area (Å²) in [4.78, 5) is 0. The third-order valence-corrected chi connectivity index (χ3v) is 7.49. The average molecular weight is 414 g/mol. The second kappa shape index (κ2) is 9.63. The maximum absolute atomic E-state index is 13.4. The summed E-state index contributed by atoms with van der Waals surface area (Å²) in [7, 11) is -0.379. The molecule has 2 N–H and O–H groups in total. The van der Waals surface area contributed by atoms with Crippen molar-refractivity contribution < 1.29 is 17.5 Å². The molecule has 1 unspecified atom stereocenters. The number of nitrogens with zero attached hydrogens (tertiary/aromatic N) is 1. The summed E-state index contributed by atoms with van der Waals surface area (Å²) >= 11 is 0. The summed E-state index contributed by atoms with van der Waals surface area (Å²) in [5, 5.41) is 3.34. The predicted molar refractivity (Wildman–Crippen MR) is 108 cm³/mol. The topological polar surface area (TPSA) is 70.7 Å². The molecule has 28 heavy (non-hydrogen) atoms. The first-order valence-electron chi connectivity index (χ1n) is 10.1. The van der Waals surface area contributed by atoms with Crippen LogP contribution in [0.3, 0.4) is 0 Å². The van der Waals surface area contributed by atoms with Gasteiger partial charge >= 0.3 is 0 Å². The van der Waals surface area contributed by atoms with Crippen molar-refractivity contribution in [2.45, 2.75) is 50.2 Å². The first kappa shape index (κ1) is 21.6. The molecular formula is C20H32FN3O3S. The van der Waals surface area contributed by atoms with Crippen LogP contribution in [0.4, 0.5) is 4.39 Å². The van der Waals surface area contributed by atoms with Crippen molar-refractivity contribution in [2.75, 3.05) is 33.8 Å². The quantitative estimate of drug-likeness (QED) is 0.719. The molecule has 2 fully saturated rings. The number of hydrogen-bond donors (Lipinski definition) is 2. The Morgan fingerprint density at radius 2 is 1.96 bits per heavy atom. The summed E-state index contributed by atoms with van der Waals surface area (Å²) in [6.07, 6.45) is 4.84. The van der Waals surface area contributed by atoms with E-state index in [1.807, 2.05) is 6.07 Å². The van der Waals surface area contributed by atoms with Crippen LogP contribution >= 0.6 is 0 Å². The molecule has 1 aliphatic heterocycles. The molecule has 158 valence electrons. The van der Waals surface area contributed by atoms with E-state index >= 15 is 0 Å². The molecule has 2 aliphatic rings. The van der Waals surface area contributed by atoms with Gasteiger partial charge in [0.25, 0.3) is 10.2 Å². The Balaban J connectivity index is 1.48. The molecule has 1 saturated heterocycles. The SMILES string of the molecule is CN(C)S(=O)(=O)NC1CCNC[C@H]1CO[C@H]1CC[C@@H](c2cccc(F)c2)CC1. The van der Waals surface area contributed by atoms with Crippen molar-refractivity contribution in [2.24, 2.45) is 5.92 Å². The Kier molecular flexibility index (Phi) is 7.44. The zero-order chi connectivity index (χ0) is 20.1. The van der Waals surface area contributed by atoms with E-state index in [1.54, 1.807) is 12.1 Å². The lowest BCUT2D eigenvalue weighted by atomic mass is 9.82. The van der Waals surface area contributed by atoms with Gasteiger partial charge in [0.15, 0.2) is 0 Å². The van der Waals surface area contributed by atoms with Gasteiger partial charge in [-0.3, -0.25) is 0 Å². The minimum absolute atomic E-state index is 0.114. The van der Waals surface area contributed by atoms with Crippen molar-refractivity contribution >= 4 is 10.2 Å². The minimum Gasteiger partial charge on any atom is -0.378 e. The third-order valence-electron chi connectivity index (χ3n) is 5.93. The van der Waals surface area contributed by atoms with Gasteiger partial charge in [-0.25, -0.2) is 4.39 Å². The number of halogens is 1. The Bertz CT molecular complexity index is 736. The van der Waals surface area contributed by atoms with Gasteiger partial charge in [-0.2, -0.15) is 17.4 Å². The molecule has 0 bridgehead atoms. The molecular weight excluding hydrogens is 381 g/mol. The van der Waals surface area contributed by atoms with E-state index in [1.165, 1.54) is 24.5 Å². The molecule has 0 radical (unpaired) electrons. The van der Waals surface area contributed by atoms with Crippen molar-refractivity contribution in [1.29, 1.82) is 0 Å². The molecule has 8 heteroatoms. The van der Waals surface area contributed by atoms with Crippen LogP contribution < -0.4 is 10.0 Å². The summed E-state index contributed by atoms with van der Waals surface area (Å²) in [6, 6.07) is 6.79. The standard InChI is InChI=1S/C20H32FN3O3S/c1-24(2)28(25,26)23-20-10-11-22-13-17(20)14-27-19-8-6-15(7-9-19)16-4-3-5-18(21)12-16/h3-5,12,15,17,19-20,22-23H,6-11,13-14H2,1-2H3/t15-,17-,19+,20?/m0/s1. The van der Waals surface area contributed by atoms with Crippen molar-refractivity contribution in [3.05, 3.63) is 35.6 Å². The van der Waals surface area contributed by atoms with Crippen molar-refractivity contribution in [1.82, 2.24) is 14.3 Å². The van der Waals surface area contributed by atoms with Crippen LogP contribution in [0.15, 0.2) is 24.3 Å². The van der Waals surface area contributed by atoms with E-state index in [9.17, 15) is 12.8 Å². The molecule has 1 aromatic carbocycles. The smallest absolute Gasteiger partial charge is 0.279 e. The largest absolute Gasteiger partial charge is 0.378 e. The zero-order valence-electron chi connectivity index (χ0n) is 16.7. The maximum atomic E-state index is 13.4. The van der Waals surface area contributed by atoms with E-state index in [2.05, 4.69) is 10.0 Å². The number of piperidine rings is 1. The lowest BCUT2D eigenvalue weighted by Gasteiger charge is -2.35. The number of ether oxygens (including phenoxy) is 1. The molecule has 0 aromatic heterocycles. The zero-order valence-corrected chi connectivity index (χ0v) is 17.6. The van der Waals surface area contributed by atoms with E-state index in [0.29, 0.717) is 12.5 Å². The Morgan fingerprint density at radius 1 is 1.21 bits per heavy atom. The van der Waals surface area contributed by atoms with Crippen LogP contribution in [-0.4, -0.2) is 58.7 Å². The molecule has 0 amide bonds. The normalized spacial score (nSPS) is 29.1. The summed E-state index contributed by atoms with van der Waals surface area (Å²) in [5.74, 6) is 0.336. The molecule has 0 spiro atoms. The Morgan fingerprint density at radius 3 is 2.64 bits per heavy atom. The van der Waals surface area contributed by atoms with Gasteiger partial charge in [0.2, 0.25) is 0 Å². The minimum atomic E-state index is -3.45. The van der Waals surface area contributed by atoms with Crippen molar-refractivity contribution in [3.8, 4) is 0 Å². The maximum Gasteiger partial charge on any atom is 0.279 e. The molecule has 1 heterocycles. The Labute approximate surface area is 168 Å². The average Bonchev–Trinajstić information content (AvgIpc) is 2.67. The number of rotatable bonds is 7. The fourth-order valence-corrected chi connectivity index (χ4v) is 5.04. The van der Waals surface area contributed by atoms with Gasteiger partial charge in [0.05, 0.1) is 12.7 Å². The number of hydrogen-bond acceptors (Lipinski definition) is 4. The highest BCUT2D eigenvalue weighted by atomic mass is 32.2. The second-order valence-corrected chi connectivity index (χ2v) is 10.0. The molecule has 2 atom stereocenters. The highest BCUT2D eigenvalue weighted by Gasteiger charge is 2.31. The number of nitrogens with one attached hydrogen (secondary N) is 2. The third kappa shape index (κ3) is 5.73. The summed E-state index contributed by atoms with van der Waals surface area (Å²) < 4.78 is 48.0. The monoisotopic (exact) mass is 413 g/mol. The van der Waals surface area contributed by atoms with Gasteiger partial charge in [-0.1, -0.05) is 12.1 Å². The van der Waals surface area contributed by atoms with Gasteiger partial charge in [-0.15, -0.1) is 0 Å². The van der Waals surface area contributed by atoms with Gasteiger partial charge in [0.1, 0.15) is 5.82 Å². The first-order valence-corrected chi connectivity index (χ1v) is 11.6. The fraction of sp³-hybridized carbons (Fsp3) is 0.700. The molecule has 1 aliphatic carbocycles. The lowest BCUT2D eigenvalue weighted by Crippen LogP contribution is -2.53. The van der Waals surface area contributed by atoms with Crippen LogP contribution in [-0.2, 0) is 14.9 Å². The van der Waals surface area contributed by atoms with Crippen LogP contribution in [0.5, 0.6) is 0 Å². The van der Waals surface area contributed by atoms with Crippen LogP contribution in [0, 0.1) is 11.7 Å². The number of benzene rings is 1. The highest BCUT2D eigenvalue weighted by molar-refractivity contribution is 7.87. The molecule has 6 nitrogen and oxygen atoms in total.